The van der Waals surface area contributed by atoms with E-state index in [1.54, 1.807) is 6.07 Å². The molecule has 0 aromatic heterocycles. The van der Waals surface area contributed by atoms with Crippen LogP contribution in [0, 0.1) is 17.0 Å². The maximum atomic E-state index is 10.6. The van der Waals surface area contributed by atoms with E-state index in [2.05, 4.69) is 5.32 Å². The van der Waals surface area contributed by atoms with Gasteiger partial charge in [0, 0.05) is 29.2 Å². The summed E-state index contributed by atoms with van der Waals surface area (Å²) in [6.07, 6.45) is 0. The third-order valence-corrected chi connectivity index (χ3v) is 2.56. The Kier molecular flexibility index (Phi) is 3.24. The van der Waals surface area contributed by atoms with Gasteiger partial charge in [-0.15, -0.1) is 0 Å². The molecule has 0 aliphatic carbocycles. The Morgan fingerprint density at radius 2 is 1.95 bits per heavy atom. The number of anilines is 3. The fourth-order valence-corrected chi connectivity index (χ4v) is 1.81. The lowest BCUT2D eigenvalue weighted by Crippen LogP contribution is -1.95. The molecule has 4 N–H and O–H groups in total. The number of nitrogens with two attached hydrogens (primary N) is 1. The molecular weight excluding hydrogens is 246 g/mol. The van der Waals surface area contributed by atoms with Gasteiger partial charge in [-0.05, 0) is 36.8 Å². The summed E-state index contributed by atoms with van der Waals surface area (Å²) in [5.41, 5.74) is 8.32. The monoisotopic (exact) mass is 259 g/mol. The average Bonchev–Trinajstić information content (AvgIpc) is 2.26. The summed E-state index contributed by atoms with van der Waals surface area (Å²) in [6.45, 7) is 1.91. The van der Waals surface area contributed by atoms with E-state index in [1.165, 1.54) is 18.2 Å². The third kappa shape index (κ3) is 2.92. The number of benzene rings is 2. The van der Waals surface area contributed by atoms with E-state index in [0.29, 0.717) is 11.4 Å². The maximum absolute atomic E-state index is 10.6. The minimum atomic E-state index is -0.635. The molecule has 0 heterocycles. The van der Waals surface area contributed by atoms with Crippen LogP contribution in [0.4, 0.5) is 22.7 Å². The predicted molar refractivity (Wildman–Crippen MR) is 73.6 cm³/mol. The molecule has 0 radical (unpaired) electrons. The van der Waals surface area contributed by atoms with E-state index in [4.69, 9.17) is 5.73 Å². The van der Waals surface area contributed by atoms with E-state index in [9.17, 15) is 15.2 Å². The van der Waals surface area contributed by atoms with Crippen molar-refractivity contribution < 1.29 is 10.0 Å². The molecule has 0 fully saturated rings. The summed E-state index contributed by atoms with van der Waals surface area (Å²) in [7, 11) is 0. The minimum absolute atomic E-state index is 0.325. The van der Waals surface area contributed by atoms with E-state index in [0.717, 1.165) is 11.3 Å². The van der Waals surface area contributed by atoms with Crippen molar-refractivity contribution in [2.75, 3.05) is 11.1 Å². The summed E-state index contributed by atoms with van der Waals surface area (Å²) < 4.78 is 0. The summed E-state index contributed by atoms with van der Waals surface area (Å²) in [5.74, 6) is -0.379. The molecule has 0 unspecified atom stereocenters. The number of aromatic hydroxyl groups is 1. The van der Waals surface area contributed by atoms with Crippen LogP contribution in [-0.4, -0.2) is 10.0 Å². The van der Waals surface area contributed by atoms with Gasteiger partial charge >= 0.3 is 5.69 Å². The fourth-order valence-electron chi connectivity index (χ4n) is 1.81. The smallest absolute Gasteiger partial charge is 0.310 e. The van der Waals surface area contributed by atoms with E-state index in [1.807, 2.05) is 19.1 Å². The van der Waals surface area contributed by atoms with Gasteiger partial charge in [-0.1, -0.05) is 0 Å². The second-order valence-electron chi connectivity index (χ2n) is 4.22. The summed E-state index contributed by atoms with van der Waals surface area (Å²) in [5, 5.41) is 23.2. The van der Waals surface area contributed by atoms with Crippen molar-refractivity contribution >= 4 is 22.7 Å². The second-order valence-corrected chi connectivity index (χ2v) is 4.22. The summed E-state index contributed by atoms with van der Waals surface area (Å²) in [4.78, 5) is 9.95. The molecule has 0 atom stereocenters. The summed E-state index contributed by atoms with van der Waals surface area (Å²) in [6, 6.07) is 9.53. The van der Waals surface area contributed by atoms with Gasteiger partial charge in [-0.25, -0.2) is 0 Å². The topological polar surface area (TPSA) is 101 Å². The number of nitrogen functional groups attached to an aromatic ring is 1. The molecule has 6 heteroatoms. The number of nitrogens with one attached hydrogen (secondary N) is 1. The van der Waals surface area contributed by atoms with E-state index < -0.39 is 4.92 Å². The minimum Gasteiger partial charge on any atom is -0.502 e. The molecular formula is C13H13N3O3. The predicted octanol–water partition coefficient (Wildman–Crippen LogP) is 2.93. The first-order chi connectivity index (χ1) is 8.95. The van der Waals surface area contributed by atoms with Gasteiger partial charge in [0.05, 0.1) is 4.92 Å². The molecule has 19 heavy (non-hydrogen) atoms. The number of hydrogen-bond acceptors (Lipinski definition) is 5. The molecule has 0 aliphatic heterocycles. The highest BCUT2D eigenvalue weighted by Gasteiger charge is 2.12. The Balaban J connectivity index is 2.28. The van der Waals surface area contributed by atoms with Crippen LogP contribution in [0.15, 0.2) is 36.4 Å². The van der Waals surface area contributed by atoms with Gasteiger partial charge in [0.2, 0.25) is 0 Å². The first-order valence-corrected chi connectivity index (χ1v) is 5.57. The lowest BCUT2D eigenvalue weighted by Gasteiger charge is -2.09. The largest absolute Gasteiger partial charge is 0.502 e. The highest BCUT2D eigenvalue weighted by Crippen LogP contribution is 2.30. The molecule has 0 aliphatic rings. The highest BCUT2D eigenvalue weighted by molar-refractivity contribution is 5.67. The molecule has 0 bridgehead atoms. The number of nitrogens with zero attached hydrogens (tertiary/aromatic N) is 1. The first kappa shape index (κ1) is 12.7. The van der Waals surface area contributed by atoms with Crippen molar-refractivity contribution in [2.45, 2.75) is 6.92 Å². The van der Waals surface area contributed by atoms with Gasteiger partial charge in [0.1, 0.15) is 0 Å². The Labute approximate surface area is 109 Å². The van der Waals surface area contributed by atoms with Gasteiger partial charge in [0.25, 0.3) is 0 Å². The number of aryl methyl sites for hydroxylation is 1. The van der Waals surface area contributed by atoms with Crippen LogP contribution < -0.4 is 11.1 Å². The Hall–Kier alpha value is -2.76. The lowest BCUT2D eigenvalue weighted by molar-refractivity contribution is -0.385. The standard InChI is InChI=1S/C13H13N3O3/c1-8-4-9(14)6-11(5-8)15-10-2-3-12(16(18)19)13(17)7-10/h2-7,15,17H,14H2,1H3. The number of nitro groups is 1. The van der Waals surface area contributed by atoms with Crippen LogP contribution in [0.5, 0.6) is 5.75 Å². The first-order valence-electron chi connectivity index (χ1n) is 5.57. The number of nitro benzene ring substituents is 1. The van der Waals surface area contributed by atoms with Gasteiger partial charge in [-0.3, -0.25) is 10.1 Å². The van der Waals surface area contributed by atoms with E-state index >= 15 is 0 Å². The number of phenolic OH excluding ortho intramolecular Hbond substituents is 1. The van der Waals surface area contributed by atoms with Gasteiger partial charge in [-0.2, -0.15) is 0 Å². The quantitative estimate of drug-likeness (QED) is 0.447. The van der Waals surface area contributed by atoms with Crippen molar-refractivity contribution in [3.8, 4) is 5.75 Å². The molecule has 0 saturated heterocycles. The molecule has 0 amide bonds. The zero-order chi connectivity index (χ0) is 14.0. The van der Waals surface area contributed by atoms with Gasteiger partial charge in [0.15, 0.2) is 5.75 Å². The molecule has 2 rings (SSSR count). The highest BCUT2D eigenvalue weighted by atomic mass is 16.6. The molecule has 0 spiro atoms. The van der Waals surface area contributed by atoms with Crippen LogP contribution in [-0.2, 0) is 0 Å². The molecule has 98 valence electrons. The van der Waals surface area contributed by atoms with Crippen molar-refractivity contribution in [1.29, 1.82) is 0 Å². The van der Waals surface area contributed by atoms with Crippen molar-refractivity contribution in [3.05, 3.63) is 52.1 Å². The molecule has 2 aromatic rings. The summed E-state index contributed by atoms with van der Waals surface area (Å²) >= 11 is 0. The fraction of sp³-hybridized carbons (Fsp3) is 0.0769. The SMILES string of the molecule is Cc1cc(N)cc(Nc2ccc([N+](=O)[O-])c(O)c2)c1. The van der Waals surface area contributed by atoms with Gasteiger partial charge < -0.3 is 16.2 Å². The lowest BCUT2D eigenvalue weighted by atomic mass is 10.2. The normalized spacial score (nSPS) is 10.2. The number of rotatable bonds is 3. The number of phenols is 1. The Bertz CT molecular complexity index is 621. The van der Waals surface area contributed by atoms with Crippen LogP contribution in [0.1, 0.15) is 5.56 Å². The van der Waals surface area contributed by atoms with Crippen LogP contribution in [0.2, 0.25) is 0 Å². The molecule has 2 aromatic carbocycles. The van der Waals surface area contributed by atoms with Crippen LogP contribution in [0.25, 0.3) is 0 Å². The zero-order valence-corrected chi connectivity index (χ0v) is 10.3. The average molecular weight is 259 g/mol. The number of hydrogen-bond donors (Lipinski definition) is 3. The van der Waals surface area contributed by atoms with Crippen molar-refractivity contribution in [3.63, 3.8) is 0 Å². The van der Waals surface area contributed by atoms with Crippen LogP contribution in [0.3, 0.4) is 0 Å². The molecule has 6 nitrogen and oxygen atoms in total. The van der Waals surface area contributed by atoms with E-state index in [-0.39, 0.29) is 11.4 Å². The Morgan fingerprint density at radius 3 is 2.53 bits per heavy atom. The Morgan fingerprint density at radius 1 is 1.21 bits per heavy atom. The maximum Gasteiger partial charge on any atom is 0.310 e. The second kappa shape index (κ2) is 4.85. The van der Waals surface area contributed by atoms with Crippen molar-refractivity contribution in [1.82, 2.24) is 0 Å². The van der Waals surface area contributed by atoms with Crippen molar-refractivity contribution in [2.24, 2.45) is 0 Å². The third-order valence-electron chi connectivity index (χ3n) is 2.56. The zero-order valence-electron chi connectivity index (χ0n) is 10.3. The molecule has 0 saturated carbocycles. The van der Waals surface area contributed by atoms with Crippen LogP contribution >= 0.6 is 0 Å².